The molecule has 0 spiro atoms. The number of anilines is 1. The highest BCUT2D eigenvalue weighted by atomic mass is 79.9. The van der Waals surface area contributed by atoms with E-state index in [0.717, 1.165) is 10.2 Å². The highest BCUT2D eigenvalue weighted by Gasteiger charge is 2.15. The van der Waals surface area contributed by atoms with Gasteiger partial charge in [0.25, 0.3) is 0 Å². The number of H-pyrrole nitrogens is 1. The summed E-state index contributed by atoms with van der Waals surface area (Å²) in [5.74, 6) is 0.961. The number of hydrogen-bond acceptors (Lipinski definition) is 5. The minimum Gasteiger partial charge on any atom is -0.360 e. The molecule has 0 aliphatic heterocycles. The number of allylic oxidation sites excluding steroid dienone is 1. The van der Waals surface area contributed by atoms with Crippen molar-refractivity contribution in [2.24, 2.45) is 0 Å². The molecule has 0 atom stereocenters. The average Bonchev–Trinajstić information content (AvgIpc) is 3.02. The number of nitrogens with zero attached hydrogens (tertiary/aromatic N) is 4. The Kier molecular flexibility index (Phi) is 5.50. The van der Waals surface area contributed by atoms with E-state index < -0.39 is 0 Å². The molecule has 120 valence electrons. The summed E-state index contributed by atoms with van der Waals surface area (Å²) in [6.45, 7) is 8.58. The van der Waals surface area contributed by atoms with Crippen LogP contribution in [0.2, 0.25) is 0 Å². The van der Waals surface area contributed by atoms with E-state index in [1.54, 1.807) is 6.20 Å². The maximum Gasteiger partial charge on any atom is 0.216 e. The van der Waals surface area contributed by atoms with Gasteiger partial charge < -0.3 is 5.32 Å². The highest BCUT2D eigenvalue weighted by molar-refractivity contribution is 9.10. The Morgan fingerprint density at radius 1 is 1.26 bits per heavy atom. The van der Waals surface area contributed by atoms with E-state index in [-0.39, 0.29) is 5.82 Å². The van der Waals surface area contributed by atoms with Crippen LogP contribution in [0.15, 0.2) is 22.8 Å². The van der Waals surface area contributed by atoms with E-state index in [4.69, 9.17) is 0 Å². The first-order valence-corrected chi connectivity index (χ1v) is 8.17. The average molecular weight is 375 g/mol. The topological polar surface area (TPSA) is 90.3 Å². The van der Waals surface area contributed by atoms with Gasteiger partial charge in [-0.2, -0.15) is 10.5 Å². The fourth-order valence-electron chi connectivity index (χ4n) is 2.29. The maximum absolute atomic E-state index is 9.29. The molecule has 2 rings (SSSR count). The van der Waals surface area contributed by atoms with E-state index in [1.165, 1.54) is 11.1 Å². The third-order valence-corrected chi connectivity index (χ3v) is 3.93. The van der Waals surface area contributed by atoms with Crippen LogP contribution in [0.3, 0.4) is 0 Å². The van der Waals surface area contributed by atoms with E-state index in [0.29, 0.717) is 17.4 Å². The highest BCUT2D eigenvalue weighted by Crippen LogP contribution is 2.35. The molecular weight excluding hydrogens is 356 g/mol. The Hall–Kier alpha value is -2.20. The van der Waals surface area contributed by atoms with Crippen LogP contribution in [-0.2, 0) is 0 Å². The van der Waals surface area contributed by atoms with Gasteiger partial charge >= 0.3 is 0 Å². The minimum atomic E-state index is 0.273. The number of nitrogens with one attached hydrogen (secondary N) is 2. The molecule has 23 heavy (non-hydrogen) atoms. The van der Waals surface area contributed by atoms with Gasteiger partial charge in [-0.3, -0.25) is 0 Å². The van der Waals surface area contributed by atoms with Crippen molar-refractivity contribution in [1.82, 2.24) is 20.6 Å². The molecular formula is C16H19BrN6. The van der Waals surface area contributed by atoms with Gasteiger partial charge in [-0.25, -0.2) is 0 Å². The second-order valence-electron chi connectivity index (χ2n) is 5.82. The minimum absolute atomic E-state index is 0.273. The van der Waals surface area contributed by atoms with Gasteiger partial charge in [-0.05, 0) is 40.3 Å². The zero-order chi connectivity index (χ0) is 17.0. The van der Waals surface area contributed by atoms with E-state index in [9.17, 15) is 5.26 Å². The molecule has 0 fully saturated rings. The predicted octanol–water partition coefficient (Wildman–Crippen LogP) is 4.19. The van der Waals surface area contributed by atoms with Gasteiger partial charge in [0.05, 0.1) is 0 Å². The van der Waals surface area contributed by atoms with Crippen LogP contribution in [0, 0.1) is 11.3 Å². The third-order valence-electron chi connectivity index (χ3n) is 3.48. The smallest absolute Gasteiger partial charge is 0.216 e. The molecule has 0 amide bonds. The van der Waals surface area contributed by atoms with Crippen LogP contribution in [-0.4, -0.2) is 20.6 Å². The van der Waals surface area contributed by atoms with Crippen molar-refractivity contribution in [3.05, 3.63) is 39.8 Å². The number of rotatable bonds is 5. The molecule has 0 radical (unpaired) electrons. The zero-order valence-electron chi connectivity index (χ0n) is 13.6. The Labute approximate surface area is 144 Å². The Morgan fingerprint density at radius 3 is 2.30 bits per heavy atom. The van der Waals surface area contributed by atoms with Crippen LogP contribution in [0.25, 0.3) is 5.57 Å². The van der Waals surface area contributed by atoms with Crippen molar-refractivity contribution in [2.45, 2.75) is 39.5 Å². The number of tetrazole rings is 1. The maximum atomic E-state index is 9.29. The van der Waals surface area contributed by atoms with Crippen molar-refractivity contribution in [3.63, 3.8) is 0 Å². The molecule has 0 aliphatic rings. The first-order chi connectivity index (χ1) is 10.9. The Balaban J connectivity index is 2.48. The monoisotopic (exact) mass is 374 g/mol. The number of aromatic nitrogens is 4. The van der Waals surface area contributed by atoms with E-state index in [2.05, 4.69) is 87.8 Å². The largest absolute Gasteiger partial charge is 0.360 e. The fourth-order valence-corrected chi connectivity index (χ4v) is 2.79. The Bertz CT molecular complexity index is 711. The van der Waals surface area contributed by atoms with Gasteiger partial charge in [-0.1, -0.05) is 43.6 Å². The Morgan fingerprint density at radius 2 is 1.87 bits per heavy atom. The molecule has 0 saturated carbocycles. The third kappa shape index (κ3) is 3.96. The molecule has 1 aromatic carbocycles. The summed E-state index contributed by atoms with van der Waals surface area (Å²) in [6, 6.07) is 6.30. The molecule has 7 heteroatoms. The van der Waals surface area contributed by atoms with Crippen molar-refractivity contribution in [2.75, 3.05) is 5.32 Å². The van der Waals surface area contributed by atoms with Crippen LogP contribution in [0.1, 0.15) is 56.5 Å². The molecule has 1 aromatic heterocycles. The number of hydrogen-bond donors (Lipinski definition) is 2. The summed E-state index contributed by atoms with van der Waals surface area (Å²) in [7, 11) is 0. The van der Waals surface area contributed by atoms with Crippen molar-refractivity contribution >= 4 is 27.2 Å². The number of aromatic amines is 1. The molecule has 0 unspecified atom stereocenters. The van der Waals surface area contributed by atoms with Gasteiger partial charge in [0.1, 0.15) is 11.6 Å². The van der Waals surface area contributed by atoms with Crippen molar-refractivity contribution < 1.29 is 0 Å². The standard InChI is InChI=1S/C16H19BrN6/c1-9(2)13-5-12(17)6-14(10(3)4)15(13)19-8-11(7-18)16-20-22-23-21-16/h5-6,8-10,19H,1-4H3,(H,20,21,22,23). The lowest BCUT2D eigenvalue weighted by molar-refractivity contribution is 0.836. The molecule has 1 heterocycles. The van der Waals surface area contributed by atoms with Gasteiger partial charge in [0.15, 0.2) is 0 Å². The molecule has 0 saturated heterocycles. The first-order valence-electron chi connectivity index (χ1n) is 7.38. The molecule has 2 N–H and O–H groups in total. The number of benzene rings is 1. The summed E-state index contributed by atoms with van der Waals surface area (Å²) in [4.78, 5) is 0. The summed E-state index contributed by atoms with van der Waals surface area (Å²) >= 11 is 3.58. The van der Waals surface area contributed by atoms with E-state index in [1.807, 2.05) is 0 Å². The van der Waals surface area contributed by atoms with Gasteiger partial charge in [-0.15, -0.1) is 10.2 Å². The van der Waals surface area contributed by atoms with Crippen molar-refractivity contribution in [1.29, 1.82) is 5.26 Å². The molecule has 0 bridgehead atoms. The fraction of sp³-hybridized carbons (Fsp3) is 0.375. The van der Waals surface area contributed by atoms with Crippen LogP contribution < -0.4 is 5.32 Å². The lowest BCUT2D eigenvalue weighted by Gasteiger charge is -2.20. The quantitative estimate of drug-likeness (QED) is 0.765. The lowest BCUT2D eigenvalue weighted by atomic mass is 9.92. The summed E-state index contributed by atoms with van der Waals surface area (Å²) in [5.41, 5.74) is 3.72. The molecule has 2 aromatic rings. The van der Waals surface area contributed by atoms with E-state index >= 15 is 0 Å². The van der Waals surface area contributed by atoms with Crippen LogP contribution in [0.4, 0.5) is 5.69 Å². The van der Waals surface area contributed by atoms with Gasteiger partial charge in [0.2, 0.25) is 5.82 Å². The molecule has 6 nitrogen and oxygen atoms in total. The van der Waals surface area contributed by atoms with Crippen molar-refractivity contribution in [3.8, 4) is 6.07 Å². The second-order valence-corrected chi connectivity index (χ2v) is 6.73. The molecule has 0 aliphatic carbocycles. The van der Waals surface area contributed by atoms with Crippen LogP contribution in [0.5, 0.6) is 0 Å². The summed E-state index contributed by atoms with van der Waals surface area (Å²) in [5, 5.41) is 26.1. The number of halogens is 1. The zero-order valence-corrected chi connectivity index (χ0v) is 15.1. The van der Waals surface area contributed by atoms with Crippen LogP contribution >= 0.6 is 15.9 Å². The summed E-state index contributed by atoms with van der Waals surface area (Å²) in [6.07, 6.45) is 1.63. The lowest BCUT2D eigenvalue weighted by Crippen LogP contribution is -2.04. The normalized spacial score (nSPS) is 11.8. The number of nitriles is 1. The SMILES string of the molecule is CC(C)c1cc(Br)cc(C(C)C)c1NC=C(C#N)c1nn[nH]n1. The first kappa shape index (κ1) is 17.2. The predicted molar refractivity (Wildman–Crippen MR) is 93.7 cm³/mol. The van der Waals surface area contributed by atoms with Gasteiger partial charge in [0, 0.05) is 16.4 Å². The second kappa shape index (κ2) is 7.38. The summed E-state index contributed by atoms with van der Waals surface area (Å²) < 4.78 is 1.05.